The van der Waals surface area contributed by atoms with Crippen molar-refractivity contribution in [1.82, 2.24) is 0 Å². The zero-order valence-electron chi connectivity index (χ0n) is 24.9. The van der Waals surface area contributed by atoms with E-state index in [-0.39, 0.29) is 48.6 Å². The first-order chi connectivity index (χ1) is 21.4. The van der Waals surface area contributed by atoms with Crippen molar-refractivity contribution >= 4 is 17.5 Å². The molecule has 3 N–H and O–H groups in total. The summed E-state index contributed by atoms with van der Waals surface area (Å²) in [5, 5.41) is 29.8. The van der Waals surface area contributed by atoms with E-state index >= 15 is 0 Å². The van der Waals surface area contributed by atoms with Gasteiger partial charge in [-0.05, 0) is 109 Å². The van der Waals surface area contributed by atoms with E-state index in [1.165, 1.54) is 0 Å². The number of unbranched alkanes of at least 4 members (excludes halogenated alkanes) is 1. The largest absolute Gasteiger partial charge is 0.508 e. The Morgan fingerprint density at radius 2 is 1.80 bits per heavy atom. The Hall–Kier alpha value is -3.94. The summed E-state index contributed by atoms with van der Waals surface area (Å²) in [6, 6.07) is 15.4. The monoisotopic (exact) mass is 594 g/mol. The number of benzene rings is 2. The Labute approximate surface area is 257 Å². The Morgan fingerprint density at radius 1 is 0.977 bits per heavy atom. The molecule has 1 saturated carbocycles. The molecule has 1 spiro atoms. The summed E-state index contributed by atoms with van der Waals surface area (Å²) in [5.74, 6) is 0.386. The van der Waals surface area contributed by atoms with Crippen LogP contribution in [0, 0.1) is 29.1 Å². The molecule has 2 fully saturated rings. The molecule has 0 unspecified atom stereocenters. The van der Waals surface area contributed by atoms with Gasteiger partial charge in [0.25, 0.3) is 0 Å². The van der Waals surface area contributed by atoms with Gasteiger partial charge in [-0.1, -0.05) is 43.3 Å². The van der Waals surface area contributed by atoms with Gasteiger partial charge >= 0.3 is 11.9 Å². The molecule has 0 radical (unpaired) electrons. The number of rotatable bonds is 8. The van der Waals surface area contributed by atoms with Crippen LogP contribution in [0.3, 0.4) is 0 Å². The number of cyclic esters (lactones) is 2. The van der Waals surface area contributed by atoms with E-state index in [2.05, 4.69) is 0 Å². The van der Waals surface area contributed by atoms with Crippen molar-refractivity contribution in [3.05, 3.63) is 94.5 Å². The van der Waals surface area contributed by atoms with Crippen LogP contribution >= 0.6 is 0 Å². The molecule has 2 heterocycles. The molecular formula is C37H38O7. The molecular weight excluding hydrogens is 556 g/mol. The number of carbonyl (C=O) groups is 2. The predicted octanol–water partition coefficient (Wildman–Crippen LogP) is 6.22. The Balaban J connectivity index is 1.46. The molecule has 8 rings (SSSR count). The van der Waals surface area contributed by atoms with Crippen LogP contribution in [0.4, 0.5) is 0 Å². The van der Waals surface area contributed by atoms with Gasteiger partial charge in [-0.25, -0.2) is 9.59 Å². The van der Waals surface area contributed by atoms with Crippen molar-refractivity contribution in [2.45, 2.75) is 51.9 Å². The number of aliphatic hydroxyl groups excluding tert-OH is 2. The van der Waals surface area contributed by atoms with Crippen LogP contribution in [0.5, 0.6) is 5.75 Å². The molecule has 0 aromatic heterocycles. The third kappa shape index (κ3) is 4.32. The second-order valence-electron chi connectivity index (χ2n) is 12.9. The number of ether oxygens (including phenoxy) is 2. The third-order valence-corrected chi connectivity index (χ3v) is 10.4. The highest BCUT2D eigenvalue weighted by Gasteiger charge is 2.68. The number of phenols is 1. The summed E-state index contributed by atoms with van der Waals surface area (Å²) in [6.45, 7) is 2.03. The molecule has 6 aliphatic rings. The van der Waals surface area contributed by atoms with Gasteiger partial charge in [0.15, 0.2) is 0 Å². The number of hydrogen-bond donors (Lipinski definition) is 3. The van der Waals surface area contributed by atoms with E-state index in [4.69, 9.17) is 9.47 Å². The molecule has 1 saturated heterocycles. The number of phenolic OH excluding ortho intramolecular Hbond substituents is 1. The zero-order valence-corrected chi connectivity index (χ0v) is 24.9. The number of aliphatic hydroxyl groups is 2. The smallest absolute Gasteiger partial charge is 0.340 e. The first-order valence-electron chi connectivity index (χ1n) is 15.8. The van der Waals surface area contributed by atoms with Crippen molar-refractivity contribution < 1.29 is 34.4 Å². The maximum atomic E-state index is 14.1. The molecule has 2 aromatic carbocycles. The molecule has 4 aliphatic carbocycles. The first kappa shape index (κ1) is 28.8. The number of aromatic hydroxyl groups is 1. The lowest BCUT2D eigenvalue weighted by Crippen LogP contribution is -2.52. The van der Waals surface area contributed by atoms with Crippen LogP contribution in [0.25, 0.3) is 16.7 Å². The van der Waals surface area contributed by atoms with E-state index in [1.54, 1.807) is 12.1 Å². The Morgan fingerprint density at radius 3 is 2.57 bits per heavy atom. The van der Waals surface area contributed by atoms with Gasteiger partial charge < -0.3 is 24.8 Å². The van der Waals surface area contributed by atoms with Crippen LogP contribution in [-0.2, 0) is 19.1 Å². The molecule has 228 valence electrons. The highest BCUT2D eigenvalue weighted by Crippen LogP contribution is 2.72. The summed E-state index contributed by atoms with van der Waals surface area (Å²) in [6.07, 6.45) is 8.56. The highest BCUT2D eigenvalue weighted by molar-refractivity contribution is 6.07. The molecule has 5 atom stereocenters. The Kier molecular flexibility index (Phi) is 7.34. The summed E-state index contributed by atoms with van der Waals surface area (Å²) in [7, 11) is 0. The summed E-state index contributed by atoms with van der Waals surface area (Å²) < 4.78 is 12.1. The second kappa shape index (κ2) is 11.2. The molecule has 7 nitrogen and oxygen atoms in total. The van der Waals surface area contributed by atoms with Crippen LogP contribution in [-0.4, -0.2) is 40.5 Å². The normalized spacial score (nSPS) is 29.6. The van der Waals surface area contributed by atoms with Gasteiger partial charge in [0.2, 0.25) is 0 Å². The predicted molar refractivity (Wildman–Crippen MR) is 164 cm³/mol. The van der Waals surface area contributed by atoms with Crippen LogP contribution in [0.2, 0.25) is 0 Å². The fourth-order valence-corrected chi connectivity index (χ4v) is 8.59. The molecule has 0 amide bonds. The third-order valence-electron chi connectivity index (χ3n) is 10.4. The zero-order chi connectivity index (χ0) is 30.6. The SMILES string of the molecule is C[C@H](CO)C/C=C1\OC(=O)C2=C1CC[C@H]1[C@H]3CC[C@]4(C(=C3c3cc(O)ccc3-c3ccccc3)C(=O)O/C4=C\CCCO)[C@@H]21. The fraction of sp³-hybridized carbons (Fsp3) is 0.405. The van der Waals surface area contributed by atoms with Crippen molar-refractivity contribution in [2.75, 3.05) is 13.2 Å². The number of fused-ring (bicyclic) bond motifs is 1. The van der Waals surface area contributed by atoms with Crippen molar-refractivity contribution in [3.63, 3.8) is 0 Å². The molecule has 44 heavy (non-hydrogen) atoms. The number of allylic oxidation sites excluding steroid dienone is 5. The second-order valence-corrected chi connectivity index (χ2v) is 12.9. The minimum Gasteiger partial charge on any atom is -0.508 e. The number of carbonyl (C=O) groups excluding carboxylic acids is 2. The van der Waals surface area contributed by atoms with Crippen LogP contribution < -0.4 is 0 Å². The van der Waals surface area contributed by atoms with Gasteiger partial charge in [-0.3, -0.25) is 0 Å². The molecule has 2 bridgehead atoms. The van der Waals surface area contributed by atoms with E-state index < -0.39 is 11.4 Å². The van der Waals surface area contributed by atoms with E-state index in [9.17, 15) is 24.9 Å². The maximum absolute atomic E-state index is 14.1. The van der Waals surface area contributed by atoms with Crippen molar-refractivity contribution in [3.8, 4) is 16.9 Å². The number of esters is 2. The van der Waals surface area contributed by atoms with Crippen molar-refractivity contribution in [2.24, 2.45) is 29.1 Å². The van der Waals surface area contributed by atoms with E-state index in [0.717, 1.165) is 40.7 Å². The minimum atomic E-state index is -0.839. The van der Waals surface area contributed by atoms with Gasteiger partial charge in [0.1, 0.15) is 17.3 Å². The molecule has 7 heteroatoms. The highest BCUT2D eigenvalue weighted by atomic mass is 16.5. The summed E-state index contributed by atoms with van der Waals surface area (Å²) in [5.41, 5.74) is 5.03. The lowest BCUT2D eigenvalue weighted by Gasteiger charge is -2.56. The standard InChI is InChI=1S/C37H38O7/c1-21(20-39)10-15-29-27-14-13-26-25-16-17-37(33(26)32(27)35(41)43-29)30(9-5-6-18-38)44-36(42)34(37)31(25)28-19-23(40)11-12-24(28)22-7-3-2-4-8-22/h2-4,7-9,11-12,15,19,21,25-26,33,38-40H,5-6,10,13-14,16-18,20H2,1H3/b29-15-,30-9-/t21-,25+,26-,33+,37+/m0/s1. The molecule has 2 aromatic rings. The lowest BCUT2D eigenvalue weighted by atomic mass is 9.44. The van der Waals surface area contributed by atoms with Crippen LogP contribution in [0.15, 0.2) is 88.9 Å². The fourth-order valence-electron chi connectivity index (χ4n) is 8.59. The summed E-state index contributed by atoms with van der Waals surface area (Å²) in [4.78, 5) is 27.8. The van der Waals surface area contributed by atoms with Gasteiger partial charge in [0.05, 0.1) is 11.0 Å². The van der Waals surface area contributed by atoms with Gasteiger partial charge in [-0.15, -0.1) is 0 Å². The quantitative estimate of drug-likeness (QED) is 0.246. The van der Waals surface area contributed by atoms with Gasteiger partial charge in [-0.2, -0.15) is 0 Å². The lowest BCUT2D eigenvalue weighted by molar-refractivity contribution is -0.135. The van der Waals surface area contributed by atoms with Gasteiger partial charge in [0, 0.05) is 30.3 Å². The van der Waals surface area contributed by atoms with E-state index in [0.29, 0.717) is 54.8 Å². The number of hydrogen-bond acceptors (Lipinski definition) is 7. The maximum Gasteiger partial charge on any atom is 0.340 e. The van der Waals surface area contributed by atoms with Crippen LogP contribution in [0.1, 0.15) is 57.4 Å². The topological polar surface area (TPSA) is 113 Å². The minimum absolute atomic E-state index is 0.00484. The molecule has 2 aliphatic heterocycles. The van der Waals surface area contributed by atoms with E-state index in [1.807, 2.05) is 55.5 Å². The first-order valence-corrected chi connectivity index (χ1v) is 15.8. The summed E-state index contributed by atoms with van der Waals surface area (Å²) >= 11 is 0. The average Bonchev–Trinajstić information content (AvgIpc) is 3.53. The average molecular weight is 595 g/mol. The van der Waals surface area contributed by atoms with Crippen molar-refractivity contribution in [1.29, 1.82) is 0 Å². The Bertz CT molecular complexity index is 1640.